The molecule has 1 saturated heterocycles. The minimum absolute atomic E-state index is 0.0269. The lowest BCUT2D eigenvalue weighted by Crippen LogP contribution is -2.54. The molecule has 1 heterocycles. The highest BCUT2D eigenvalue weighted by Gasteiger charge is 2.51. The van der Waals surface area contributed by atoms with E-state index in [0.717, 1.165) is 38.5 Å². The van der Waals surface area contributed by atoms with Gasteiger partial charge in [0.1, 0.15) is 0 Å². The Balaban J connectivity index is 1.83. The first-order chi connectivity index (χ1) is 9.57. The lowest BCUT2D eigenvalue weighted by atomic mass is 9.89. The van der Waals surface area contributed by atoms with Crippen LogP contribution in [0.15, 0.2) is 0 Å². The molecular formula is C14H25NO4S. The standard InChI is InChI=1S/C14H25NO4S/c1-15-12-6-7-14(18-8-9-19-14)10-13(12)20(16,17)11-4-2-3-5-11/h11-13,15H,2-10H2,1H3. The Kier molecular flexibility index (Phi) is 4.10. The van der Waals surface area contributed by atoms with Crippen LogP contribution in [-0.4, -0.2) is 51.0 Å². The number of hydrogen-bond acceptors (Lipinski definition) is 5. The van der Waals surface area contributed by atoms with Gasteiger partial charge in [0, 0.05) is 18.9 Å². The van der Waals surface area contributed by atoms with E-state index in [1.165, 1.54) is 0 Å². The Labute approximate surface area is 121 Å². The van der Waals surface area contributed by atoms with Crippen LogP contribution in [0, 0.1) is 0 Å². The molecule has 2 unspecified atom stereocenters. The van der Waals surface area contributed by atoms with Crippen molar-refractivity contribution in [2.24, 2.45) is 0 Å². The van der Waals surface area contributed by atoms with Gasteiger partial charge in [-0.15, -0.1) is 0 Å². The zero-order valence-electron chi connectivity index (χ0n) is 12.1. The van der Waals surface area contributed by atoms with E-state index in [4.69, 9.17) is 9.47 Å². The average molecular weight is 303 g/mol. The highest BCUT2D eigenvalue weighted by atomic mass is 32.2. The molecular weight excluding hydrogens is 278 g/mol. The van der Waals surface area contributed by atoms with Crippen LogP contribution < -0.4 is 5.32 Å². The van der Waals surface area contributed by atoms with Crippen molar-refractivity contribution < 1.29 is 17.9 Å². The van der Waals surface area contributed by atoms with Crippen LogP contribution in [0.3, 0.4) is 0 Å². The molecule has 1 spiro atoms. The molecule has 0 bridgehead atoms. The minimum Gasteiger partial charge on any atom is -0.347 e. The fourth-order valence-electron chi connectivity index (χ4n) is 4.01. The van der Waals surface area contributed by atoms with E-state index < -0.39 is 15.6 Å². The fraction of sp³-hybridized carbons (Fsp3) is 1.00. The van der Waals surface area contributed by atoms with Gasteiger partial charge in [0.15, 0.2) is 15.6 Å². The smallest absolute Gasteiger partial charge is 0.169 e. The summed E-state index contributed by atoms with van der Waals surface area (Å²) in [5.74, 6) is -0.635. The summed E-state index contributed by atoms with van der Waals surface area (Å²) >= 11 is 0. The minimum atomic E-state index is -3.11. The zero-order chi connectivity index (χ0) is 14.2. The van der Waals surface area contributed by atoms with Gasteiger partial charge in [-0.3, -0.25) is 0 Å². The van der Waals surface area contributed by atoms with E-state index in [-0.39, 0.29) is 16.5 Å². The Morgan fingerprint density at radius 1 is 1.10 bits per heavy atom. The van der Waals surface area contributed by atoms with Crippen LogP contribution in [0.1, 0.15) is 44.9 Å². The Morgan fingerprint density at radius 3 is 2.35 bits per heavy atom. The van der Waals surface area contributed by atoms with Gasteiger partial charge < -0.3 is 14.8 Å². The average Bonchev–Trinajstić information content (AvgIpc) is 3.10. The molecule has 20 heavy (non-hydrogen) atoms. The van der Waals surface area contributed by atoms with Gasteiger partial charge in [-0.05, 0) is 26.3 Å². The van der Waals surface area contributed by atoms with Crippen molar-refractivity contribution in [3.8, 4) is 0 Å². The summed E-state index contributed by atoms with van der Waals surface area (Å²) in [7, 11) is -1.25. The highest BCUT2D eigenvalue weighted by molar-refractivity contribution is 7.92. The van der Waals surface area contributed by atoms with Gasteiger partial charge >= 0.3 is 0 Å². The summed E-state index contributed by atoms with van der Waals surface area (Å²) in [5.41, 5.74) is 0. The third kappa shape index (κ3) is 2.51. The second kappa shape index (κ2) is 5.55. The van der Waals surface area contributed by atoms with E-state index in [0.29, 0.717) is 19.6 Å². The maximum Gasteiger partial charge on any atom is 0.169 e. The lowest BCUT2D eigenvalue weighted by Gasteiger charge is -2.41. The third-order valence-corrected chi connectivity index (χ3v) is 7.91. The molecule has 0 aromatic carbocycles. The summed E-state index contributed by atoms with van der Waals surface area (Å²) in [5, 5.41) is 2.67. The van der Waals surface area contributed by atoms with Crippen molar-refractivity contribution in [3.63, 3.8) is 0 Å². The molecule has 1 N–H and O–H groups in total. The maximum absolute atomic E-state index is 12.9. The first kappa shape index (κ1) is 14.8. The Morgan fingerprint density at radius 2 is 1.75 bits per heavy atom. The normalized spacial score (nSPS) is 34.9. The monoisotopic (exact) mass is 303 g/mol. The van der Waals surface area contributed by atoms with Crippen LogP contribution in [0.5, 0.6) is 0 Å². The summed E-state index contributed by atoms with van der Waals surface area (Å²) in [6, 6.07) is 0.0269. The molecule has 0 amide bonds. The predicted octanol–water partition coefficient (Wildman–Crippen LogP) is 1.23. The predicted molar refractivity (Wildman–Crippen MR) is 76.3 cm³/mol. The first-order valence-electron chi connectivity index (χ1n) is 7.75. The summed E-state index contributed by atoms with van der Waals surface area (Å²) in [6.07, 6.45) is 5.80. The fourth-order valence-corrected chi connectivity index (χ4v) is 6.71. The zero-order valence-corrected chi connectivity index (χ0v) is 13.0. The molecule has 3 aliphatic rings. The van der Waals surface area contributed by atoms with Crippen LogP contribution in [-0.2, 0) is 19.3 Å². The van der Waals surface area contributed by atoms with Gasteiger partial charge in [-0.1, -0.05) is 12.8 Å². The summed E-state index contributed by atoms with van der Waals surface area (Å²) < 4.78 is 37.4. The van der Waals surface area contributed by atoms with Crippen molar-refractivity contribution in [1.82, 2.24) is 5.32 Å². The third-order valence-electron chi connectivity index (χ3n) is 5.17. The molecule has 2 aliphatic carbocycles. The van der Waals surface area contributed by atoms with E-state index in [2.05, 4.69) is 5.32 Å². The second-order valence-corrected chi connectivity index (χ2v) is 8.73. The summed E-state index contributed by atoms with van der Waals surface area (Å²) in [6.45, 7) is 1.17. The first-order valence-corrected chi connectivity index (χ1v) is 9.36. The lowest BCUT2D eigenvalue weighted by molar-refractivity contribution is -0.178. The molecule has 0 radical (unpaired) electrons. The summed E-state index contributed by atoms with van der Waals surface area (Å²) in [4.78, 5) is 0. The van der Waals surface area contributed by atoms with Gasteiger partial charge in [0.05, 0.1) is 23.7 Å². The molecule has 1 aliphatic heterocycles. The second-order valence-electron chi connectivity index (χ2n) is 6.28. The number of ether oxygens (including phenoxy) is 2. The van der Waals surface area contributed by atoms with E-state index >= 15 is 0 Å². The van der Waals surface area contributed by atoms with Crippen molar-refractivity contribution in [2.75, 3.05) is 20.3 Å². The van der Waals surface area contributed by atoms with Gasteiger partial charge in [0.25, 0.3) is 0 Å². The van der Waals surface area contributed by atoms with Gasteiger partial charge in [-0.2, -0.15) is 0 Å². The molecule has 3 fully saturated rings. The molecule has 116 valence electrons. The number of sulfone groups is 1. The van der Waals surface area contributed by atoms with Crippen LogP contribution in [0.2, 0.25) is 0 Å². The SMILES string of the molecule is CNC1CCC2(CC1S(=O)(=O)C1CCCC1)OCCO2. The van der Waals surface area contributed by atoms with Crippen LogP contribution >= 0.6 is 0 Å². The molecule has 0 aromatic heterocycles. The Bertz CT molecular complexity index is 438. The highest BCUT2D eigenvalue weighted by Crippen LogP contribution is 2.41. The van der Waals surface area contributed by atoms with Crippen molar-refractivity contribution in [2.45, 2.75) is 67.3 Å². The molecule has 0 aromatic rings. The maximum atomic E-state index is 12.9. The molecule has 3 rings (SSSR count). The van der Waals surface area contributed by atoms with Crippen LogP contribution in [0.4, 0.5) is 0 Å². The van der Waals surface area contributed by atoms with Crippen molar-refractivity contribution in [1.29, 1.82) is 0 Å². The largest absolute Gasteiger partial charge is 0.347 e. The molecule has 5 nitrogen and oxygen atoms in total. The van der Waals surface area contributed by atoms with E-state index in [9.17, 15) is 8.42 Å². The van der Waals surface area contributed by atoms with Crippen molar-refractivity contribution >= 4 is 9.84 Å². The molecule has 2 saturated carbocycles. The number of hydrogen-bond donors (Lipinski definition) is 1. The Hall–Kier alpha value is -0.170. The van der Waals surface area contributed by atoms with Gasteiger partial charge in [0.2, 0.25) is 0 Å². The van der Waals surface area contributed by atoms with E-state index in [1.807, 2.05) is 7.05 Å². The topological polar surface area (TPSA) is 64.6 Å². The molecule has 2 atom stereocenters. The van der Waals surface area contributed by atoms with Gasteiger partial charge in [-0.25, -0.2) is 8.42 Å². The van der Waals surface area contributed by atoms with Crippen LogP contribution in [0.25, 0.3) is 0 Å². The molecule has 6 heteroatoms. The number of nitrogens with one attached hydrogen (secondary N) is 1. The quantitative estimate of drug-likeness (QED) is 0.849. The number of rotatable bonds is 3. The van der Waals surface area contributed by atoms with Crippen molar-refractivity contribution in [3.05, 3.63) is 0 Å². The van der Waals surface area contributed by atoms with E-state index in [1.54, 1.807) is 0 Å².